The molecule has 0 spiro atoms. The highest BCUT2D eigenvalue weighted by molar-refractivity contribution is 5.90. The maximum atomic E-state index is 12.7. The van der Waals surface area contributed by atoms with Crippen LogP contribution in [0, 0.1) is 11.8 Å². The van der Waals surface area contributed by atoms with Crippen molar-refractivity contribution < 1.29 is 9.90 Å². The molecule has 0 aromatic heterocycles. The number of carbonyl (C=O) groups is 1. The van der Waals surface area contributed by atoms with Crippen molar-refractivity contribution in [3.63, 3.8) is 0 Å². The van der Waals surface area contributed by atoms with Gasteiger partial charge in [0.2, 0.25) is 0 Å². The van der Waals surface area contributed by atoms with Crippen LogP contribution < -0.4 is 10.6 Å². The first-order chi connectivity index (χ1) is 11.2. The summed E-state index contributed by atoms with van der Waals surface area (Å²) in [5, 5.41) is 16.7. The van der Waals surface area contributed by atoms with Crippen LogP contribution in [0.25, 0.3) is 0 Å². The Kier molecular flexibility index (Phi) is 8.00. The fourth-order valence-electron chi connectivity index (χ4n) is 2.25. The van der Waals surface area contributed by atoms with E-state index in [0.29, 0.717) is 17.7 Å². The van der Waals surface area contributed by atoms with Crippen molar-refractivity contribution in [1.82, 2.24) is 10.6 Å². The summed E-state index contributed by atoms with van der Waals surface area (Å²) in [6.45, 7) is 0.736. The van der Waals surface area contributed by atoms with E-state index in [0.717, 1.165) is 0 Å². The quantitative estimate of drug-likeness (QED) is 0.723. The molecule has 0 aliphatic heterocycles. The van der Waals surface area contributed by atoms with Crippen molar-refractivity contribution in [3.8, 4) is 11.8 Å². The normalized spacial score (nSPS) is 10.1. The first-order valence-electron chi connectivity index (χ1n) is 7.41. The highest BCUT2D eigenvalue weighted by atomic mass is 35.5. The van der Waals surface area contributed by atoms with Gasteiger partial charge in [-0.1, -0.05) is 72.5 Å². The van der Waals surface area contributed by atoms with Crippen molar-refractivity contribution in [3.05, 3.63) is 71.8 Å². The van der Waals surface area contributed by atoms with Crippen molar-refractivity contribution >= 4 is 18.3 Å². The number of amides is 1. The third kappa shape index (κ3) is 4.59. The molecule has 4 nitrogen and oxygen atoms in total. The summed E-state index contributed by atoms with van der Waals surface area (Å²) in [6.07, 6.45) is 0. The second-order valence-corrected chi connectivity index (χ2v) is 5.01. The molecule has 126 valence electrons. The van der Waals surface area contributed by atoms with Gasteiger partial charge in [0.15, 0.2) is 5.60 Å². The van der Waals surface area contributed by atoms with Crippen LogP contribution in [0.5, 0.6) is 0 Å². The molecule has 0 atom stereocenters. The van der Waals surface area contributed by atoms with Gasteiger partial charge >= 0.3 is 0 Å². The van der Waals surface area contributed by atoms with Crippen LogP contribution in [0.3, 0.4) is 0 Å². The van der Waals surface area contributed by atoms with Gasteiger partial charge in [0.05, 0.1) is 13.1 Å². The minimum Gasteiger partial charge on any atom is -0.372 e. The van der Waals surface area contributed by atoms with Crippen molar-refractivity contribution in [2.24, 2.45) is 0 Å². The van der Waals surface area contributed by atoms with E-state index in [-0.39, 0.29) is 19.0 Å². The number of nitrogens with one attached hydrogen (secondary N) is 2. The van der Waals surface area contributed by atoms with Crippen LogP contribution >= 0.6 is 12.4 Å². The minimum absolute atomic E-state index is 0. The molecule has 2 rings (SSSR count). The fourth-order valence-corrected chi connectivity index (χ4v) is 2.25. The van der Waals surface area contributed by atoms with Crippen LogP contribution in [0.15, 0.2) is 60.7 Å². The topological polar surface area (TPSA) is 61.4 Å². The Morgan fingerprint density at radius 3 is 1.88 bits per heavy atom. The van der Waals surface area contributed by atoms with E-state index in [2.05, 4.69) is 22.5 Å². The van der Waals surface area contributed by atoms with E-state index in [1.54, 1.807) is 55.6 Å². The van der Waals surface area contributed by atoms with Crippen molar-refractivity contribution in [2.45, 2.75) is 5.60 Å². The average molecular weight is 345 g/mol. The summed E-state index contributed by atoms with van der Waals surface area (Å²) in [4.78, 5) is 12.7. The van der Waals surface area contributed by atoms with Gasteiger partial charge in [0.1, 0.15) is 0 Å². The average Bonchev–Trinajstić information content (AvgIpc) is 2.62. The molecule has 0 unspecified atom stereocenters. The second kappa shape index (κ2) is 9.74. The molecular formula is C19H21ClN2O2. The van der Waals surface area contributed by atoms with Crippen LogP contribution in [0.4, 0.5) is 0 Å². The maximum absolute atomic E-state index is 12.7. The SMILES string of the molecule is CNCC#CCNC(=O)C(O)(c1ccccc1)c1ccccc1.Cl. The minimum atomic E-state index is -1.74. The molecule has 24 heavy (non-hydrogen) atoms. The molecule has 1 amide bonds. The van der Waals surface area contributed by atoms with Crippen LogP contribution in [0.1, 0.15) is 11.1 Å². The highest BCUT2D eigenvalue weighted by Crippen LogP contribution is 2.29. The molecule has 0 heterocycles. The van der Waals surface area contributed by atoms with Gasteiger partial charge in [-0.3, -0.25) is 4.79 Å². The smallest absolute Gasteiger partial charge is 0.262 e. The van der Waals surface area contributed by atoms with E-state index in [1.165, 1.54) is 0 Å². The molecule has 0 saturated carbocycles. The molecular weight excluding hydrogens is 324 g/mol. The molecule has 0 aliphatic carbocycles. The number of carbonyl (C=O) groups excluding carboxylic acids is 1. The zero-order valence-electron chi connectivity index (χ0n) is 13.5. The molecule has 3 N–H and O–H groups in total. The molecule has 0 bridgehead atoms. The van der Waals surface area contributed by atoms with Gasteiger partial charge < -0.3 is 15.7 Å². The van der Waals surface area contributed by atoms with E-state index in [4.69, 9.17) is 0 Å². The third-order valence-corrected chi connectivity index (χ3v) is 3.44. The zero-order valence-corrected chi connectivity index (χ0v) is 14.3. The van der Waals surface area contributed by atoms with Gasteiger partial charge in [-0.05, 0) is 18.2 Å². The standard InChI is InChI=1S/C19H20N2O2.ClH/c1-20-14-8-9-15-21-18(22)19(23,16-10-4-2-5-11-16)17-12-6-3-7-13-17;/h2-7,10-13,20,23H,14-15H2,1H3,(H,21,22);1H. The number of hydrogen-bond acceptors (Lipinski definition) is 3. The van der Waals surface area contributed by atoms with E-state index >= 15 is 0 Å². The van der Waals surface area contributed by atoms with Gasteiger partial charge in [-0.25, -0.2) is 0 Å². The van der Waals surface area contributed by atoms with Gasteiger partial charge in [0.25, 0.3) is 5.91 Å². The summed E-state index contributed by atoms with van der Waals surface area (Å²) in [5.41, 5.74) is -0.702. The predicted molar refractivity (Wildman–Crippen MR) is 97.8 cm³/mol. The Morgan fingerprint density at radius 1 is 0.958 bits per heavy atom. The van der Waals surface area contributed by atoms with Gasteiger partial charge in [-0.2, -0.15) is 0 Å². The molecule has 0 fully saturated rings. The van der Waals surface area contributed by atoms with E-state index in [9.17, 15) is 9.90 Å². The third-order valence-electron chi connectivity index (χ3n) is 3.44. The van der Waals surface area contributed by atoms with Crippen LogP contribution in [0.2, 0.25) is 0 Å². The van der Waals surface area contributed by atoms with E-state index < -0.39 is 11.5 Å². The molecule has 2 aromatic rings. The Morgan fingerprint density at radius 2 is 1.42 bits per heavy atom. The molecule has 0 aliphatic rings. The lowest BCUT2D eigenvalue weighted by molar-refractivity contribution is -0.136. The Balaban J connectivity index is 0.00000288. The Bertz CT molecular complexity index is 654. The lowest BCUT2D eigenvalue weighted by Gasteiger charge is -2.27. The molecule has 5 heteroatoms. The number of benzene rings is 2. The van der Waals surface area contributed by atoms with Crippen molar-refractivity contribution in [1.29, 1.82) is 0 Å². The van der Waals surface area contributed by atoms with Crippen LogP contribution in [-0.4, -0.2) is 31.2 Å². The van der Waals surface area contributed by atoms with Gasteiger partial charge in [0, 0.05) is 0 Å². The summed E-state index contributed by atoms with van der Waals surface area (Å²) < 4.78 is 0. The first-order valence-corrected chi connectivity index (χ1v) is 7.41. The molecule has 2 aromatic carbocycles. The Hall–Kier alpha value is -2.32. The van der Waals surface area contributed by atoms with Crippen molar-refractivity contribution in [2.75, 3.05) is 20.1 Å². The monoisotopic (exact) mass is 344 g/mol. The van der Waals surface area contributed by atoms with E-state index in [1.807, 2.05) is 12.1 Å². The molecule has 0 radical (unpaired) electrons. The molecule has 0 saturated heterocycles. The lowest BCUT2D eigenvalue weighted by atomic mass is 9.85. The first kappa shape index (κ1) is 19.7. The maximum Gasteiger partial charge on any atom is 0.262 e. The zero-order chi connectivity index (χ0) is 16.5. The lowest BCUT2D eigenvalue weighted by Crippen LogP contribution is -2.45. The predicted octanol–water partition coefficient (Wildman–Crippen LogP) is 1.68. The summed E-state index contributed by atoms with van der Waals surface area (Å²) >= 11 is 0. The number of rotatable bonds is 5. The summed E-state index contributed by atoms with van der Waals surface area (Å²) in [5.74, 6) is 5.21. The summed E-state index contributed by atoms with van der Waals surface area (Å²) in [7, 11) is 1.80. The summed E-state index contributed by atoms with van der Waals surface area (Å²) in [6, 6.07) is 17.8. The fraction of sp³-hybridized carbons (Fsp3) is 0.211. The highest BCUT2D eigenvalue weighted by Gasteiger charge is 2.39. The number of aliphatic hydroxyl groups is 1. The largest absolute Gasteiger partial charge is 0.372 e. The second-order valence-electron chi connectivity index (χ2n) is 5.01. The van der Waals surface area contributed by atoms with Gasteiger partial charge in [-0.15, -0.1) is 12.4 Å². The number of hydrogen-bond donors (Lipinski definition) is 3. The number of halogens is 1. The Labute approximate surface area is 148 Å². The van der Waals surface area contributed by atoms with Crippen LogP contribution in [-0.2, 0) is 10.4 Å².